The van der Waals surface area contributed by atoms with E-state index in [1.165, 1.54) is 48.3 Å². The predicted molar refractivity (Wildman–Crippen MR) is 260 cm³/mol. The minimum absolute atomic E-state index is 0.00441. The first-order valence-corrected chi connectivity index (χ1v) is 24.0. The van der Waals surface area contributed by atoms with Gasteiger partial charge in [0.25, 0.3) is 17.7 Å². The number of nitrogens with zero attached hydrogens (tertiary/aromatic N) is 5. The van der Waals surface area contributed by atoms with Crippen LogP contribution in [-0.2, 0) is 26.9 Å². The van der Waals surface area contributed by atoms with Crippen molar-refractivity contribution in [2.75, 3.05) is 63.6 Å². The van der Waals surface area contributed by atoms with Gasteiger partial charge in [-0.05, 0) is 118 Å². The summed E-state index contributed by atoms with van der Waals surface area (Å²) in [7, 11) is 1.50. The van der Waals surface area contributed by atoms with Gasteiger partial charge in [0.05, 0.1) is 40.2 Å². The number of ketones is 1. The maximum absolute atomic E-state index is 14.2. The molecule has 0 radical (unpaired) electrons. The number of benzene rings is 2. The lowest BCUT2D eigenvalue weighted by Crippen LogP contribution is -2.44. The summed E-state index contributed by atoms with van der Waals surface area (Å²) in [5, 5.41) is 9.84. The Balaban J connectivity index is 0.934. The van der Waals surface area contributed by atoms with E-state index in [-0.39, 0.29) is 66.5 Å². The number of carbonyl (C=O) groups excluding carboxylic acids is 6. The van der Waals surface area contributed by atoms with E-state index in [1.54, 1.807) is 19.9 Å². The second-order valence-electron chi connectivity index (χ2n) is 19.4. The molecular formula is C51H61F4N9O8. The number of nitrogens with one attached hydrogen (secondary N) is 3. The van der Waals surface area contributed by atoms with Crippen LogP contribution in [0.3, 0.4) is 0 Å². The summed E-state index contributed by atoms with van der Waals surface area (Å²) in [4.78, 5) is 86.9. The summed E-state index contributed by atoms with van der Waals surface area (Å²) < 4.78 is 69.1. The summed E-state index contributed by atoms with van der Waals surface area (Å²) in [5.41, 5.74) is 6.83. The van der Waals surface area contributed by atoms with Gasteiger partial charge in [-0.15, -0.1) is 0 Å². The summed E-state index contributed by atoms with van der Waals surface area (Å²) >= 11 is 0. The van der Waals surface area contributed by atoms with Crippen LogP contribution < -0.4 is 16.4 Å². The van der Waals surface area contributed by atoms with Crippen LogP contribution >= 0.6 is 0 Å². The van der Waals surface area contributed by atoms with E-state index in [4.69, 9.17) is 15.2 Å². The Morgan fingerprint density at radius 2 is 1.68 bits per heavy atom. The van der Waals surface area contributed by atoms with Crippen molar-refractivity contribution in [3.63, 3.8) is 0 Å². The zero-order chi connectivity index (χ0) is 52.4. The molecule has 3 heterocycles. The van der Waals surface area contributed by atoms with Crippen LogP contribution in [0.5, 0.6) is 0 Å². The zero-order valence-corrected chi connectivity index (χ0v) is 41.5. The van der Waals surface area contributed by atoms with E-state index >= 15 is 0 Å². The normalized spacial score (nSPS) is 17.9. The Labute approximate surface area is 414 Å². The van der Waals surface area contributed by atoms with E-state index in [2.05, 4.69) is 20.7 Å². The van der Waals surface area contributed by atoms with Gasteiger partial charge in [-0.1, -0.05) is 27.7 Å². The Bertz CT molecular complexity index is 2800. The molecule has 4 aromatic rings. The number of amides is 5. The molecule has 0 bridgehead atoms. The van der Waals surface area contributed by atoms with Crippen molar-refractivity contribution in [3.05, 3.63) is 92.8 Å². The second-order valence-corrected chi connectivity index (χ2v) is 19.4. The van der Waals surface area contributed by atoms with E-state index in [0.717, 1.165) is 9.58 Å². The van der Waals surface area contributed by atoms with Crippen molar-refractivity contribution < 1.29 is 55.8 Å². The predicted octanol–water partition coefficient (Wildman–Crippen LogP) is 8.38. The van der Waals surface area contributed by atoms with Gasteiger partial charge in [-0.25, -0.2) is 23.6 Å². The first-order chi connectivity index (χ1) is 34.0. The number of primary amides is 1. The molecule has 2 aromatic carbocycles. The molecule has 2 aromatic heterocycles. The molecule has 5 N–H and O–H groups in total. The molecule has 7 rings (SSSR count). The number of likely N-dealkylation sites (N-methyl/N-ethyl adjacent to an activating group) is 2. The Hall–Kier alpha value is -7.03. The lowest BCUT2D eigenvalue weighted by Gasteiger charge is -2.30. The first kappa shape index (κ1) is 52.8. The van der Waals surface area contributed by atoms with Crippen molar-refractivity contribution in [2.24, 2.45) is 17.1 Å². The van der Waals surface area contributed by atoms with Crippen LogP contribution in [0.2, 0.25) is 0 Å². The number of carbonyl (C=O) groups is 6. The van der Waals surface area contributed by atoms with Gasteiger partial charge >= 0.3 is 18.4 Å². The number of Topliss-reactive ketones (excluding diaryl/α,β-unsaturated/α-hetero) is 1. The number of H-pyrrole nitrogens is 1. The Morgan fingerprint density at radius 1 is 0.972 bits per heavy atom. The van der Waals surface area contributed by atoms with Crippen molar-refractivity contribution >= 4 is 58.7 Å². The van der Waals surface area contributed by atoms with Gasteiger partial charge in [0.15, 0.2) is 11.5 Å². The number of aryl methyl sites for hydroxylation is 1. The number of alkyl halides is 3. The molecule has 1 saturated carbocycles. The van der Waals surface area contributed by atoms with E-state index in [1.807, 2.05) is 32.6 Å². The van der Waals surface area contributed by atoms with Gasteiger partial charge < -0.3 is 40.6 Å². The minimum atomic E-state index is -4.86. The SMILES string of the molecule is CCN(CC)CCN(C(=O)OCCN(C)C(=O)OC1CCC(CNc2cc(-n3nc(C(F)(F)F)c4c3CC(C)(C)CC4=O)ccc2C(N)=O)CC1)C(=O)c1c(C)[nH]c(/C=C2\C(=O)Nc3ccc(F)cc32)c1C. The average molecular weight is 1000 g/mol. The summed E-state index contributed by atoms with van der Waals surface area (Å²) in [6, 6.07) is 8.35. The van der Waals surface area contributed by atoms with Crippen molar-refractivity contribution in [1.82, 2.24) is 29.5 Å². The molecule has 1 aliphatic heterocycles. The van der Waals surface area contributed by atoms with Crippen LogP contribution in [0.4, 0.5) is 38.5 Å². The van der Waals surface area contributed by atoms with Crippen molar-refractivity contribution in [1.29, 1.82) is 0 Å². The first-order valence-electron chi connectivity index (χ1n) is 24.0. The number of nitrogens with two attached hydrogens (primary N) is 1. The number of rotatable bonds is 16. The fraction of sp³-hybridized carbons (Fsp3) is 0.471. The fourth-order valence-electron chi connectivity index (χ4n) is 9.64. The highest BCUT2D eigenvalue weighted by atomic mass is 19.4. The lowest BCUT2D eigenvalue weighted by molar-refractivity contribution is -0.141. The molecule has 17 nitrogen and oxygen atoms in total. The molecule has 5 amide bonds. The van der Waals surface area contributed by atoms with Crippen LogP contribution in [0.25, 0.3) is 17.3 Å². The lowest BCUT2D eigenvalue weighted by atomic mass is 9.75. The van der Waals surface area contributed by atoms with Gasteiger partial charge in [0, 0.05) is 61.4 Å². The molecule has 0 atom stereocenters. The number of hydrogen-bond acceptors (Lipinski definition) is 11. The van der Waals surface area contributed by atoms with Gasteiger partial charge in [0.1, 0.15) is 18.5 Å². The number of imide groups is 1. The average Bonchev–Trinajstić information content (AvgIpc) is 3.95. The molecule has 2 aliphatic carbocycles. The zero-order valence-electron chi connectivity index (χ0n) is 41.5. The molecule has 1 fully saturated rings. The number of aromatic amines is 1. The largest absolute Gasteiger partial charge is 0.447 e. The van der Waals surface area contributed by atoms with Crippen LogP contribution in [0, 0.1) is 31.0 Å². The molecular weight excluding hydrogens is 943 g/mol. The summed E-state index contributed by atoms with van der Waals surface area (Å²) in [6.07, 6.45) is -2.83. The quantitative estimate of drug-likeness (QED) is 0.0618. The number of ether oxygens (including phenoxy) is 2. The maximum Gasteiger partial charge on any atom is 0.435 e. The maximum atomic E-state index is 14.2. The third-order valence-corrected chi connectivity index (χ3v) is 13.7. The van der Waals surface area contributed by atoms with Gasteiger partial charge in [-0.2, -0.15) is 18.3 Å². The monoisotopic (exact) mass is 1000 g/mol. The molecule has 0 unspecified atom stereocenters. The number of fused-ring (bicyclic) bond motifs is 2. The fourth-order valence-corrected chi connectivity index (χ4v) is 9.64. The number of aromatic nitrogens is 3. The third-order valence-electron chi connectivity index (χ3n) is 13.7. The second kappa shape index (κ2) is 21.4. The smallest absolute Gasteiger partial charge is 0.435 e. The van der Waals surface area contributed by atoms with Crippen LogP contribution in [0.1, 0.15) is 125 Å². The summed E-state index contributed by atoms with van der Waals surface area (Å²) in [5.74, 6) is -2.86. The summed E-state index contributed by atoms with van der Waals surface area (Å²) in [6.45, 7) is 12.7. The molecule has 3 aliphatic rings. The van der Waals surface area contributed by atoms with Crippen molar-refractivity contribution in [3.8, 4) is 5.69 Å². The molecule has 21 heteroatoms. The standard InChI is InChI=1S/C51H61F4N9O8/c1-8-62(9-2)18-19-63(47(68)42-28(3)38(58-29(42)4)24-36-35-22-31(52)12-17-37(35)59-46(36)67)49(70)71-21-20-61(7)48(69)72-33-14-10-30(11-15-33)27-57-39-23-32(13-16-34(39)45(56)66)64-40-25-50(5,6)26-41(65)43(40)44(60-64)51(53,54)55/h12-13,16-17,22-24,30,33,57-58H,8-11,14-15,18-21,25-27H2,1-7H3,(H2,56,66)(H,59,67)/b36-24-. The van der Waals surface area contributed by atoms with Gasteiger partial charge in [0.2, 0.25) is 0 Å². The highest BCUT2D eigenvalue weighted by Gasteiger charge is 2.45. The van der Waals surface area contributed by atoms with E-state index < -0.39 is 70.5 Å². The highest BCUT2D eigenvalue weighted by molar-refractivity contribution is 6.35. The Morgan fingerprint density at radius 3 is 2.35 bits per heavy atom. The molecule has 0 saturated heterocycles. The molecule has 386 valence electrons. The van der Waals surface area contributed by atoms with E-state index in [0.29, 0.717) is 85.8 Å². The minimum Gasteiger partial charge on any atom is -0.447 e. The van der Waals surface area contributed by atoms with Crippen LogP contribution in [0.15, 0.2) is 36.4 Å². The highest BCUT2D eigenvalue weighted by Crippen LogP contribution is 2.42. The van der Waals surface area contributed by atoms with Crippen molar-refractivity contribution in [2.45, 2.75) is 92.3 Å². The molecule has 72 heavy (non-hydrogen) atoms. The van der Waals surface area contributed by atoms with Gasteiger partial charge in [-0.3, -0.25) is 19.2 Å². The van der Waals surface area contributed by atoms with E-state index in [9.17, 15) is 46.3 Å². The number of halogens is 4. The Kier molecular flexibility index (Phi) is 15.7. The number of hydrogen-bond donors (Lipinski definition) is 4. The third kappa shape index (κ3) is 11.5. The number of anilines is 2. The molecule has 0 spiro atoms. The topological polar surface area (TPSA) is 214 Å². The van der Waals surface area contributed by atoms with Crippen LogP contribution in [-0.4, -0.2) is 124 Å².